The van der Waals surface area contributed by atoms with E-state index in [0.717, 1.165) is 19.4 Å². The van der Waals surface area contributed by atoms with Crippen molar-refractivity contribution in [2.75, 3.05) is 13.6 Å². The van der Waals surface area contributed by atoms with Crippen LogP contribution in [0.5, 0.6) is 0 Å². The number of carboxylic acid groups (broad SMARTS) is 1. The van der Waals surface area contributed by atoms with E-state index in [4.69, 9.17) is 5.11 Å². The minimum Gasteiger partial charge on any atom is -0.480 e. The Morgan fingerprint density at radius 3 is 2.42 bits per heavy atom. The van der Waals surface area contributed by atoms with Crippen LogP contribution in [-0.2, 0) is 14.4 Å². The van der Waals surface area contributed by atoms with Crippen molar-refractivity contribution in [2.45, 2.75) is 39.7 Å². The summed E-state index contributed by atoms with van der Waals surface area (Å²) >= 11 is 0. The maximum absolute atomic E-state index is 11.8. The van der Waals surface area contributed by atoms with E-state index in [0.29, 0.717) is 5.57 Å². The monoisotopic (exact) mass is 362 g/mol. The largest absolute Gasteiger partial charge is 0.480 e. The SMILES string of the molecule is C=CC(/C=C\C=C(/C)C(=O)N[C@H](C)C(=O)O)/C=C\CCCN(C)C(C)=O. The average Bonchev–Trinajstić information content (AvgIpc) is 2.58. The summed E-state index contributed by atoms with van der Waals surface area (Å²) in [6.07, 6.45) is 12.9. The predicted molar refractivity (Wildman–Crippen MR) is 104 cm³/mol. The lowest BCUT2D eigenvalue weighted by Crippen LogP contribution is -2.38. The molecule has 26 heavy (non-hydrogen) atoms. The van der Waals surface area contributed by atoms with Crippen molar-refractivity contribution >= 4 is 17.8 Å². The van der Waals surface area contributed by atoms with Gasteiger partial charge < -0.3 is 15.3 Å². The quantitative estimate of drug-likeness (QED) is 0.256. The van der Waals surface area contributed by atoms with E-state index in [-0.39, 0.29) is 11.8 Å². The first-order valence-electron chi connectivity index (χ1n) is 8.58. The molecule has 0 rings (SSSR count). The van der Waals surface area contributed by atoms with Gasteiger partial charge in [0.2, 0.25) is 11.8 Å². The van der Waals surface area contributed by atoms with E-state index >= 15 is 0 Å². The molecule has 0 aliphatic heterocycles. The van der Waals surface area contributed by atoms with Crippen LogP contribution in [0, 0.1) is 5.92 Å². The molecule has 0 saturated carbocycles. The number of allylic oxidation sites excluding steroid dienone is 6. The lowest BCUT2D eigenvalue weighted by atomic mass is 10.1. The number of nitrogens with one attached hydrogen (secondary N) is 1. The van der Waals surface area contributed by atoms with Gasteiger partial charge in [0.25, 0.3) is 0 Å². The van der Waals surface area contributed by atoms with Crippen LogP contribution < -0.4 is 5.32 Å². The summed E-state index contributed by atoms with van der Waals surface area (Å²) in [6, 6.07) is -0.930. The third-order valence-electron chi connectivity index (χ3n) is 3.79. The fourth-order valence-corrected chi connectivity index (χ4v) is 1.85. The summed E-state index contributed by atoms with van der Waals surface area (Å²) < 4.78 is 0. The van der Waals surface area contributed by atoms with Crippen LogP contribution in [0.15, 0.2) is 48.6 Å². The fraction of sp³-hybridized carbons (Fsp3) is 0.450. The van der Waals surface area contributed by atoms with Gasteiger partial charge in [0.1, 0.15) is 6.04 Å². The zero-order chi connectivity index (χ0) is 20.1. The normalized spacial score (nSPS) is 14.2. The molecule has 6 heteroatoms. The molecule has 0 spiro atoms. The maximum Gasteiger partial charge on any atom is 0.325 e. The van der Waals surface area contributed by atoms with Crippen molar-refractivity contribution in [1.29, 1.82) is 0 Å². The number of unbranched alkanes of at least 4 members (excludes halogenated alkanes) is 1. The second-order valence-corrected chi connectivity index (χ2v) is 6.09. The predicted octanol–water partition coefficient (Wildman–Crippen LogP) is 2.70. The Balaban J connectivity index is 4.46. The highest BCUT2D eigenvalue weighted by Crippen LogP contribution is 2.06. The Morgan fingerprint density at radius 2 is 1.88 bits per heavy atom. The first-order valence-corrected chi connectivity index (χ1v) is 8.58. The molecule has 1 unspecified atom stereocenters. The van der Waals surface area contributed by atoms with E-state index in [2.05, 4.69) is 11.9 Å². The molecular weight excluding hydrogens is 332 g/mol. The van der Waals surface area contributed by atoms with Crippen LogP contribution in [0.25, 0.3) is 0 Å². The first-order chi connectivity index (χ1) is 12.2. The van der Waals surface area contributed by atoms with Gasteiger partial charge in [-0.05, 0) is 26.7 Å². The molecule has 0 saturated heterocycles. The van der Waals surface area contributed by atoms with Gasteiger partial charge in [0.15, 0.2) is 0 Å². The Labute approximate surface area is 156 Å². The molecule has 0 fully saturated rings. The van der Waals surface area contributed by atoms with Crippen LogP contribution >= 0.6 is 0 Å². The number of hydrogen-bond acceptors (Lipinski definition) is 3. The topological polar surface area (TPSA) is 86.7 Å². The molecule has 2 amide bonds. The van der Waals surface area contributed by atoms with Crippen molar-refractivity contribution in [3.05, 3.63) is 48.6 Å². The second kappa shape index (κ2) is 12.7. The van der Waals surface area contributed by atoms with E-state index in [1.165, 1.54) is 6.92 Å². The van der Waals surface area contributed by atoms with Crippen molar-refractivity contribution < 1.29 is 19.5 Å². The summed E-state index contributed by atoms with van der Waals surface area (Å²) in [5.41, 5.74) is 0.424. The lowest BCUT2D eigenvalue weighted by Gasteiger charge is -2.13. The zero-order valence-electron chi connectivity index (χ0n) is 16.1. The summed E-state index contributed by atoms with van der Waals surface area (Å²) in [5, 5.41) is 11.2. The van der Waals surface area contributed by atoms with Crippen molar-refractivity contribution in [3.63, 3.8) is 0 Å². The molecule has 0 aromatic carbocycles. The number of carbonyl (C=O) groups is 3. The number of nitrogens with zero attached hydrogens (tertiary/aromatic N) is 1. The Bertz CT molecular complexity index is 591. The minimum absolute atomic E-state index is 0.0330. The molecule has 2 atom stereocenters. The van der Waals surface area contributed by atoms with Crippen LogP contribution in [-0.4, -0.2) is 47.4 Å². The lowest BCUT2D eigenvalue weighted by molar-refractivity contribution is -0.140. The van der Waals surface area contributed by atoms with Crippen molar-refractivity contribution in [1.82, 2.24) is 10.2 Å². The maximum atomic E-state index is 11.8. The van der Waals surface area contributed by atoms with Gasteiger partial charge >= 0.3 is 5.97 Å². The third kappa shape index (κ3) is 10.3. The van der Waals surface area contributed by atoms with Crippen LogP contribution in [0.1, 0.15) is 33.6 Å². The highest BCUT2D eigenvalue weighted by atomic mass is 16.4. The Morgan fingerprint density at radius 1 is 1.23 bits per heavy atom. The number of carbonyl (C=O) groups excluding carboxylic acids is 2. The first kappa shape index (κ1) is 23.4. The van der Waals surface area contributed by atoms with E-state index < -0.39 is 17.9 Å². The van der Waals surface area contributed by atoms with Gasteiger partial charge in [-0.2, -0.15) is 0 Å². The molecule has 144 valence electrons. The molecule has 0 bridgehead atoms. The number of hydrogen-bond donors (Lipinski definition) is 2. The summed E-state index contributed by atoms with van der Waals surface area (Å²) in [6.45, 7) is 9.09. The number of aliphatic carboxylic acids is 1. The summed E-state index contributed by atoms with van der Waals surface area (Å²) in [5.74, 6) is -1.40. The molecule has 0 aromatic rings. The van der Waals surface area contributed by atoms with Gasteiger partial charge in [0, 0.05) is 32.0 Å². The molecule has 0 aliphatic rings. The van der Waals surface area contributed by atoms with Gasteiger partial charge in [0.05, 0.1) is 0 Å². The Hall–Kier alpha value is -2.63. The number of amides is 2. The average molecular weight is 362 g/mol. The highest BCUT2D eigenvalue weighted by molar-refractivity contribution is 5.95. The molecule has 6 nitrogen and oxygen atoms in total. The Kier molecular flexibility index (Phi) is 11.4. The van der Waals surface area contributed by atoms with E-state index in [1.807, 2.05) is 18.2 Å². The minimum atomic E-state index is -1.08. The molecule has 0 heterocycles. The third-order valence-corrected chi connectivity index (χ3v) is 3.79. The molecule has 0 aromatic heterocycles. The van der Waals surface area contributed by atoms with E-state index in [9.17, 15) is 14.4 Å². The highest BCUT2D eigenvalue weighted by Gasteiger charge is 2.14. The van der Waals surface area contributed by atoms with Gasteiger partial charge in [-0.15, -0.1) is 6.58 Å². The van der Waals surface area contributed by atoms with Gasteiger partial charge in [-0.25, -0.2) is 0 Å². The second-order valence-electron chi connectivity index (χ2n) is 6.09. The summed E-state index contributed by atoms with van der Waals surface area (Å²) in [7, 11) is 1.78. The fourth-order valence-electron chi connectivity index (χ4n) is 1.85. The van der Waals surface area contributed by atoms with Crippen LogP contribution in [0.3, 0.4) is 0 Å². The zero-order valence-corrected chi connectivity index (χ0v) is 16.1. The number of carboxylic acids is 1. The molecule has 0 radical (unpaired) electrons. The van der Waals surface area contributed by atoms with Crippen molar-refractivity contribution in [2.24, 2.45) is 5.92 Å². The van der Waals surface area contributed by atoms with Gasteiger partial charge in [-0.3, -0.25) is 14.4 Å². The van der Waals surface area contributed by atoms with Crippen molar-refractivity contribution in [3.8, 4) is 0 Å². The van der Waals surface area contributed by atoms with E-state index in [1.54, 1.807) is 44.0 Å². The van der Waals surface area contributed by atoms with Crippen LogP contribution in [0.4, 0.5) is 0 Å². The molecule has 0 aliphatic carbocycles. The van der Waals surface area contributed by atoms with Gasteiger partial charge in [-0.1, -0.05) is 36.5 Å². The molecular formula is C20H30N2O4. The smallest absolute Gasteiger partial charge is 0.325 e. The number of rotatable bonds is 11. The summed E-state index contributed by atoms with van der Waals surface area (Å²) in [4.78, 5) is 35.3. The van der Waals surface area contributed by atoms with Crippen LogP contribution in [0.2, 0.25) is 0 Å². The standard InChI is InChI=1S/C20H30N2O4/c1-6-18(12-8-7-9-14-22(5)17(4)23)13-10-11-15(2)19(24)21-16(3)20(25)26/h6,8,10-13,16,18H,1,7,9,14H2,2-5H3,(H,21,24)(H,25,26)/b12-8-,13-10-,15-11+/t16-,18?/m1/s1. The molecule has 2 N–H and O–H groups in total.